The second kappa shape index (κ2) is 2.67. The molecule has 0 fully saturated rings. The summed E-state index contributed by atoms with van der Waals surface area (Å²) in [6, 6.07) is 0. The van der Waals surface area contributed by atoms with Crippen LogP contribution in [0.1, 0.15) is 19.0 Å². The largest absolute Gasteiger partial charge is 0.250 e. The summed E-state index contributed by atoms with van der Waals surface area (Å²) in [5.41, 5.74) is 1.37. The van der Waals surface area contributed by atoms with Crippen LogP contribution >= 0.6 is 0 Å². The molecular weight excluding hydrogens is 112 g/mol. The van der Waals surface area contributed by atoms with E-state index >= 15 is 0 Å². The summed E-state index contributed by atoms with van der Waals surface area (Å²) in [6.07, 6.45) is 6.39. The Kier molecular flexibility index (Phi) is 1.88. The van der Waals surface area contributed by atoms with Gasteiger partial charge in [-0.05, 0) is 6.42 Å². The van der Waals surface area contributed by atoms with Gasteiger partial charge in [0.1, 0.15) is 11.9 Å². The fraction of sp³-hybridized carbons (Fsp3) is 0.571. The average molecular weight is 125 g/mol. The lowest BCUT2D eigenvalue weighted by atomic mass is 10.3. The van der Waals surface area contributed by atoms with E-state index in [2.05, 4.69) is 23.5 Å². The monoisotopic (exact) mass is 125 g/mol. The fourth-order valence-corrected chi connectivity index (χ4v) is 0.935. The number of H-pyrrole nitrogens is 1. The summed E-state index contributed by atoms with van der Waals surface area (Å²) < 4.78 is 2.11. The average Bonchev–Trinajstić information content (AvgIpc) is 2.18. The third-order valence-corrected chi connectivity index (χ3v) is 1.48. The Morgan fingerprint density at radius 1 is 1.67 bits per heavy atom. The maximum atomic E-state index is 3.05. The van der Waals surface area contributed by atoms with Crippen molar-refractivity contribution in [2.24, 2.45) is 7.05 Å². The molecule has 1 N–H and O–H groups in total. The van der Waals surface area contributed by atoms with Gasteiger partial charge in [-0.2, -0.15) is 0 Å². The molecule has 0 atom stereocenters. The molecular formula is C7H13N2+. The third kappa shape index (κ3) is 1.31. The second-order valence-electron chi connectivity index (χ2n) is 2.29. The van der Waals surface area contributed by atoms with Crippen molar-refractivity contribution in [2.75, 3.05) is 0 Å². The minimum Gasteiger partial charge on any atom is -0.250 e. The van der Waals surface area contributed by atoms with E-state index in [0.29, 0.717) is 0 Å². The Morgan fingerprint density at radius 3 is 2.89 bits per heavy atom. The fourth-order valence-electron chi connectivity index (χ4n) is 0.935. The van der Waals surface area contributed by atoms with Gasteiger partial charge in [0.25, 0.3) is 0 Å². The molecule has 0 saturated carbocycles. The zero-order chi connectivity index (χ0) is 6.69. The molecule has 0 aliphatic heterocycles. The van der Waals surface area contributed by atoms with Crippen molar-refractivity contribution in [3.63, 3.8) is 0 Å². The van der Waals surface area contributed by atoms with Crippen LogP contribution in [0.25, 0.3) is 0 Å². The van der Waals surface area contributed by atoms with Crippen LogP contribution in [0, 0.1) is 0 Å². The first-order valence-corrected chi connectivity index (χ1v) is 3.36. The molecule has 0 aromatic carbocycles. The van der Waals surface area contributed by atoms with Crippen LogP contribution in [0.5, 0.6) is 0 Å². The van der Waals surface area contributed by atoms with Crippen LogP contribution in [0.3, 0.4) is 0 Å². The van der Waals surface area contributed by atoms with Crippen LogP contribution in [-0.2, 0) is 13.5 Å². The molecule has 0 bridgehead atoms. The number of aromatic amines is 1. The van der Waals surface area contributed by atoms with Gasteiger partial charge in [0, 0.05) is 6.42 Å². The SMILES string of the molecule is CCCc1c[nH]c[n+]1C. The van der Waals surface area contributed by atoms with Gasteiger partial charge in [-0.25, -0.2) is 9.55 Å². The van der Waals surface area contributed by atoms with Crippen LogP contribution < -0.4 is 4.57 Å². The lowest BCUT2D eigenvalue weighted by molar-refractivity contribution is -0.677. The Morgan fingerprint density at radius 2 is 2.44 bits per heavy atom. The van der Waals surface area contributed by atoms with Crippen LogP contribution in [-0.4, -0.2) is 4.98 Å². The first kappa shape index (κ1) is 6.33. The van der Waals surface area contributed by atoms with Gasteiger partial charge >= 0.3 is 0 Å². The Balaban J connectivity index is 2.69. The number of imidazole rings is 1. The standard InChI is InChI=1S/C7H12N2/c1-3-4-7-5-8-6-9(7)2/h5-6H,3-4H2,1-2H3/p+1. The van der Waals surface area contributed by atoms with E-state index in [9.17, 15) is 0 Å². The molecule has 0 aliphatic carbocycles. The third-order valence-electron chi connectivity index (χ3n) is 1.48. The lowest BCUT2D eigenvalue weighted by Crippen LogP contribution is -2.29. The van der Waals surface area contributed by atoms with E-state index < -0.39 is 0 Å². The van der Waals surface area contributed by atoms with Gasteiger partial charge < -0.3 is 0 Å². The Bertz CT molecular complexity index is 179. The summed E-state index contributed by atoms with van der Waals surface area (Å²) >= 11 is 0. The summed E-state index contributed by atoms with van der Waals surface area (Å²) in [5.74, 6) is 0. The predicted octanol–water partition coefficient (Wildman–Crippen LogP) is 0.792. The maximum Gasteiger partial charge on any atom is 0.241 e. The molecule has 0 amide bonds. The molecule has 1 aromatic rings. The number of nitrogens with zero attached hydrogens (tertiary/aromatic N) is 1. The minimum atomic E-state index is 1.17. The van der Waals surface area contributed by atoms with E-state index in [1.54, 1.807) is 0 Å². The summed E-state index contributed by atoms with van der Waals surface area (Å²) in [7, 11) is 2.06. The zero-order valence-electron chi connectivity index (χ0n) is 6.02. The number of hydrogen-bond acceptors (Lipinski definition) is 0. The normalized spacial score (nSPS) is 10.0. The van der Waals surface area contributed by atoms with Crippen molar-refractivity contribution < 1.29 is 4.57 Å². The van der Waals surface area contributed by atoms with Gasteiger partial charge in [0.15, 0.2) is 0 Å². The van der Waals surface area contributed by atoms with Crippen molar-refractivity contribution in [1.82, 2.24) is 4.98 Å². The summed E-state index contributed by atoms with van der Waals surface area (Å²) in [6.45, 7) is 2.19. The predicted molar refractivity (Wildman–Crippen MR) is 36.0 cm³/mol. The van der Waals surface area contributed by atoms with E-state index in [-0.39, 0.29) is 0 Å². The molecule has 50 valence electrons. The van der Waals surface area contributed by atoms with Crippen LogP contribution in [0.15, 0.2) is 12.5 Å². The Labute approximate surface area is 55.5 Å². The topological polar surface area (TPSA) is 19.7 Å². The molecule has 0 unspecified atom stereocenters. The first-order valence-electron chi connectivity index (χ1n) is 3.36. The second-order valence-corrected chi connectivity index (χ2v) is 2.29. The molecule has 1 aromatic heterocycles. The smallest absolute Gasteiger partial charge is 0.241 e. The minimum absolute atomic E-state index is 1.17. The van der Waals surface area contributed by atoms with Crippen molar-refractivity contribution in [3.05, 3.63) is 18.2 Å². The molecule has 0 radical (unpaired) electrons. The van der Waals surface area contributed by atoms with Gasteiger partial charge in [0.05, 0.1) is 7.05 Å². The Hall–Kier alpha value is -0.790. The van der Waals surface area contributed by atoms with Crippen molar-refractivity contribution in [2.45, 2.75) is 19.8 Å². The quantitative estimate of drug-likeness (QED) is 0.564. The van der Waals surface area contributed by atoms with Gasteiger partial charge in [-0.3, -0.25) is 0 Å². The molecule has 0 spiro atoms. The highest BCUT2D eigenvalue weighted by atomic mass is 15.0. The van der Waals surface area contributed by atoms with E-state index in [1.165, 1.54) is 18.5 Å². The van der Waals surface area contributed by atoms with Gasteiger partial charge in [-0.15, -0.1) is 0 Å². The highest BCUT2D eigenvalue weighted by Crippen LogP contribution is 1.91. The molecule has 0 saturated heterocycles. The van der Waals surface area contributed by atoms with Crippen molar-refractivity contribution in [3.8, 4) is 0 Å². The van der Waals surface area contributed by atoms with E-state index in [4.69, 9.17) is 0 Å². The summed E-state index contributed by atoms with van der Waals surface area (Å²) in [5, 5.41) is 0. The molecule has 2 heteroatoms. The number of aryl methyl sites for hydroxylation is 2. The van der Waals surface area contributed by atoms with E-state index in [1.807, 2.05) is 12.5 Å². The summed E-state index contributed by atoms with van der Waals surface area (Å²) in [4.78, 5) is 3.05. The molecule has 0 aliphatic rings. The molecule has 9 heavy (non-hydrogen) atoms. The molecule has 1 heterocycles. The highest BCUT2D eigenvalue weighted by Gasteiger charge is 2.00. The van der Waals surface area contributed by atoms with Gasteiger partial charge in [-0.1, -0.05) is 6.92 Å². The van der Waals surface area contributed by atoms with Crippen LogP contribution in [0.2, 0.25) is 0 Å². The first-order chi connectivity index (χ1) is 4.34. The van der Waals surface area contributed by atoms with Crippen molar-refractivity contribution in [1.29, 1.82) is 0 Å². The van der Waals surface area contributed by atoms with E-state index in [0.717, 1.165) is 0 Å². The number of rotatable bonds is 2. The highest BCUT2D eigenvalue weighted by molar-refractivity contribution is 4.84. The number of hydrogen-bond donors (Lipinski definition) is 1. The number of aromatic nitrogens is 2. The van der Waals surface area contributed by atoms with Crippen LogP contribution in [0.4, 0.5) is 0 Å². The molecule has 2 nitrogen and oxygen atoms in total. The van der Waals surface area contributed by atoms with Gasteiger partial charge in [0.2, 0.25) is 6.33 Å². The zero-order valence-corrected chi connectivity index (χ0v) is 6.02. The van der Waals surface area contributed by atoms with Crippen molar-refractivity contribution >= 4 is 0 Å². The molecule has 1 rings (SSSR count). The lowest BCUT2D eigenvalue weighted by Gasteiger charge is -1.89. The number of nitrogens with one attached hydrogen (secondary N) is 1. The maximum absolute atomic E-state index is 3.05.